The van der Waals surface area contributed by atoms with E-state index in [4.69, 9.17) is 0 Å². The first kappa shape index (κ1) is 13.1. The average molecular weight is 281 g/mol. The van der Waals surface area contributed by atoms with Crippen molar-refractivity contribution in [1.82, 2.24) is 14.6 Å². The van der Waals surface area contributed by atoms with Crippen molar-refractivity contribution in [3.05, 3.63) is 54.0 Å². The maximum atomic E-state index is 12.0. The Bertz CT molecular complexity index is 791. The molecule has 21 heavy (non-hydrogen) atoms. The number of pyridine rings is 1. The number of amides is 2. The van der Waals surface area contributed by atoms with E-state index in [1.807, 2.05) is 48.6 Å². The van der Waals surface area contributed by atoms with Gasteiger partial charge in [0.1, 0.15) is 5.82 Å². The van der Waals surface area contributed by atoms with Crippen molar-refractivity contribution in [2.45, 2.75) is 13.8 Å². The Kier molecular flexibility index (Phi) is 3.27. The first-order valence-electron chi connectivity index (χ1n) is 6.58. The fourth-order valence-corrected chi connectivity index (χ4v) is 2.01. The van der Waals surface area contributed by atoms with Gasteiger partial charge in [-0.05, 0) is 38.1 Å². The Hall–Kier alpha value is -2.89. The number of anilines is 2. The highest BCUT2D eigenvalue weighted by molar-refractivity contribution is 5.99. The summed E-state index contributed by atoms with van der Waals surface area (Å²) in [6.07, 6.45) is 1.79. The number of nitrogens with zero attached hydrogens (tertiary/aromatic N) is 3. The molecule has 1 aromatic carbocycles. The van der Waals surface area contributed by atoms with Crippen molar-refractivity contribution in [3.63, 3.8) is 0 Å². The lowest BCUT2D eigenvalue weighted by Gasteiger charge is -2.08. The second-order valence-electron chi connectivity index (χ2n) is 4.84. The zero-order valence-corrected chi connectivity index (χ0v) is 11.8. The summed E-state index contributed by atoms with van der Waals surface area (Å²) in [6, 6.07) is 10.9. The molecule has 0 spiro atoms. The number of carbonyl (C=O) groups is 1. The third-order valence-corrected chi connectivity index (χ3v) is 3.14. The Balaban J connectivity index is 1.73. The van der Waals surface area contributed by atoms with E-state index in [9.17, 15) is 4.79 Å². The number of benzene rings is 1. The number of hydrogen-bond donors (Lipinski definition) is 2. The number of aryl methyl sites for hydroxylation is 2. The van der Waals surface area contributed by atoms with Crippen LogP contribution in [-0.2, 0) is 0 Å². The number of hydrogen-bond acceptors (Lipinski definition) is 3. The SMILES string of the molecule is Cc1ccc(NC(=O)Nc2ccc3nnc(C)n3c2)cc1. The molecule has 0 aliphatic carbocycles. The van der Waals surface area contributed by atoms with Crippen molar-refractivity contribution in [2.75, 3.05) is 10.6 Å². The largest absolute Gasteiger partial charge is 0.323 e. The lowest BCUT2D eigenvalue weighted by atomic mass is 10.2. The van der Waals surface area contributed by atoms with Crippen molar-refractivity contribution < 1.29 is 4.79 Å². The predicted octanol–water partition coefficient (Wildman–Crippen LogP) is 2.99. The van der Waals surface area contributed by atoms with Gasteiger partial charge >= 0.3 is 6.03 Å². The molecule has 2 amide bonds. The molecule has 3 rings (SSSR count). The number of rotatable bonds is 2. The molecule has 6 nitrogen and oxygen atoms in total. The fraction of sp³-hybridized carbons (Fsp3) is 0.133. The summed E-state index contributed by atoms with van der Waals surface area (Å²) in [5.41, 5.74) is 3.32. The van der Waals surface area contributed by atoms with Gasteiger partial charge in [-0.1, -0.05) is 17.7 Å². The zero-order chi connectivity index (χ0) is 14.8. The second-order valence-corrected chi connectivity index (χ2v) is 4.84. The molecule has 0 bridgehead atoms. The molecule has 106 valence electrons. The van der Waals surface area contributed by atoms with Gasteiger partial charge in [-0.25, -0.2) is 4.79 Å². The van der Waals surface area contributed by atoms with Gasteiger partial charge in [-0.2, -0.15) is 0 Å². The zero-order valence-electron chi connectivity index (χ0n) is 11.8. The van der Waals surface area contributed by atoms with Crippen LogP contribution < -0.4 is 10.6 Å². The third-order valence-electron chi connectivity index (χ3n) is 3.14. The van der Waals surface area contributed by atoms with Crippen LogP contribution >= 0.6 is 0 Å². The van der Waals surface area contributed by atoms with E-state index in [0.29, 0.717) is 5.69 Å². The van der Waals surface area contributed by atoms with E-state index in [1.54, 1.807) is 12.3 Å². The minimum Gasteiger partial charge on any atom is -0.308 e. The Morgan fingerprint density at radius 3 is 2.38 bits per heavy atom. The lowest BCUT2D eigenvalue weighted by Crippen LogP contribution is -2.19. The number of nitrogens with one attached hydrogen (secondary N) is 2. The van der Waals surface area contributed by atoms with E-state index in [2.05, 4.69) is 20.8 Å². The van der Waals surface area contributed by atoms with Crippen LogP contribution in [0.4, 0.5) is 16.2 Å². The monoisotopic (exact) mass is 281 g/mol. The minimum absolute atomic E-state index is 0.288. The summed E-state index contributed by atoms with van der Waals surface area (Å²) in [5, 5.41) is 13.5. The van der Waals surface area contributed by atoms with Gasteiger partial charge in [0, 0.05) is 11.9 Å². The quantitative estimate of drug-likeness (QED) is 0.758. The summed E-state index contributed by atoms with van der Waals surface area (Å²) in [6.45, 7) is 3.86. The van der Waals surface area contributed by atoms with Gasteiger partial charge < -0.3 is 10.6 Å². The number of urea groups is 1. The number of fused-ring (bicyclic) bond motifs is 1. The smallest absolute Gasteiger partial charge is 0.308 e. The summed E-state index contributed by atoms with van der Waals surface area (Å²) >= 11 is 0. The average Bonchev–Trinajstić information content (AvgIpc) is 2.83. The van der Waals surface area contributed by atoms with Gasteiger partial charge in [0.15, 0.2) is 5.65 Å². The Morgan fingerprint density at radius 2 is 1.62 bits per heavy atom. The number of aromatic nitrogens is 3. The van der Waals surface area contributed by atoms with E-state index in [0.717, 1.165) is 22.7 Å². The van der Waals surface area contributed by atoms with Crippen LogP contribution in [0.15, 0.2) is 42.6 Å². The summed E-state index contributed by atoms with van der Waals surface area (Å²) in [7, 11) is 0. The summed E-state index contributed by atoms with van der Waals surface area (Å²) in [5.74, 6) is 0.771. The van der Waals surface area contributed by atoms with Crippen LogP contribution in [0.5, 0.6) is 0 Å². The minimum atomic E-state index is -0.288. The van der Waals surface area contributed by atoms with Crippen LogP contribution in [0.25, 0.3) is 5.65 Å². The second kappa shape index (κ2) is 5.24. The van der Waals surface area contributed by atoms with Gasteiger partial charge in [-0.3, -0.25) is 4.40 Å². The van der Waals surface area contributed by atoms with Crippen LogP contribution in [0.1, 0.15) is 11.4 Å². The highest BCUT2D eigenvalue weighted by Gasteiger charge is 2.05. The van der Waals surface area contributed by atoms with Crippen molar-refractivity contribution >= 4 is 23.1 Å². The van der Waals surface area contributed by atoms with Gasteiger partial charge in [0.2, 0.25) is 0 Å². The molecule has 0 saturated carbocycles. The highest BCUT2D eigenvalue weighted by atomic mass is 16.2. The van der Waals surface area contributed by atoms with E-state index < -0.39 is 0 Å². The maximum Gasteiger partial charge on any atom is 0.323 e. The van der Waals surface area contributed by atoms with Gasteiger partial charge in [0.25, 0.3) is 0 Å². The van der Waals surface area contributed by atoms with Gasteiger partial charge in [0.05, 0.1) is 5.69 Å². The molecule has 0 aliphatic heterocycles. The summed E-state index contributed by atoms with van der Waals surface area (Å²) in [4.78, 5) is 12.0. The van der Waals surface area contributed by atoms with Crippen molar-refractivity contribution in [1.29, 1.82) is 0 Å². The Labute approximate surface area is 121 Å². The molecule has 2 aromatic heterocycles. The molecule has 2 heterocycles. The van der Waals surface area contributed by atoms with Gasteiger partial charge in [-0.15, -0.1) is 10.2 Å². The molecule has 0 saturated heterocycles. The van der Waals surface area contributed by atoms with Crippen LogP contribution in [-0.4, -0.2) is 20.6 Å². The van der Waals surface area contributed by atoms with E-state index >= 15 is 0 Å². The van der Waals surface area contributed by atoms with Crippen LogP contribution in [0.2, 0.25) is 0 Å². The molecular weight excluding hydrogens is 266 g/mol. The van der Waals surface area contributed by atoms with E-state index in [1.165, 1.54) is 0 Å². The first-order chi connectivity index (χ1) is 10.1. The Morgan fingerprint density at radius 1 is 0.952 bits per heavy atom. The topological polar surface area (TPSA) is 71.3 Å². The molecule has 6 heteroatoms. The standard InChI is InChI=1S/C15H15N5O/c1-10-3-5-12(6-4-10)16-15(21)17-13-7-8-14-19-18-11(2)20(14)9-13/h3-9H,1-2H3,(H2,16,17,21). The molecular formula is C15H15N5O. The van der Waals surface area contributed by atoms with Crippen molar-refractivity contribution in [2.24, 2.45) is 0 Å². The molecule has 3 aromatic rings. The molecule has 2 N–H and O–H groups in total. The molecule has 0 aliphatic rings. The molecule has 0 fully saturated rings. The highest BCUT2D eigenvalue weighted by Crippen LogP contribution is 2.13. The predicted molar refractivity (Wildman–Crippen MR) is 81.5 cm³/mol. The van der Waals surface area contributed by atoms with Crippen molar-refractivity contribution in [3.8, 4) is 0 Å². The third kappa shape index (κ3) is 2.84. The fourth-order valence-electron chi connectivity index (χ4n) is 2.01. The van der Waals surface area contributed by atoms with Crippen LogP contribution in [0.3, 0.4) is 0 Å². The molecule has 0 unspecified atom stereocenters. The number of carbonyl (C=O) groups excluding carboxylic acids is 1. The first-order valence-corrected chi connectivity index (χ1v) is 6.58. The van der Waals surface area contributed by atoms with E-state index in [-0.39, 0.29) is 6.03 Å². The van der Waals surface area contributed by atoms with Crippen LogP contribution in [0, 0.1) is 13.8 Å². The molecule has 0 atom stereocenters. The molecule has 0 radical (unpaired) electrons. The lowest BCUT2D eigenvalue weighted by molar-refractivity contribution is 0.262. The normalized spacial score (nSPS) is 10.6. The summed E-state index contributed by atoms with van der Waals surface area (Å²) < 4.78 is 1.82. The maximum absolute atomic E-state index is 12.0.